The number of nitrogens with zero attached hydrogens (tertiary/aromatic N) is 3. The van der Waals surface area contributed by atoms with E-state index in [0.29, 0.717) is 21.1 Å². The predicted molar refractivity (Wildman–Crippen MR) is 118 cm³/mol. The zero-order valence-electron chi connectivity index (χ0n) is 16.6. The van der Waals surface area contributed by atoms with Crippen LogP contribution in [0.15, 0.2) is 66.9 Å². The van der Waals surface area contributed by atoms with E-state index in [9.17, 15) is 18.0 Å². The number of nitrogens with one attached hydrogen (secondary N) is 1. The Bertz CT molecular complexity index is 1480. The molecule has 0 aliphatic rings. The van der Waals surface area contributed by atoms with Crippen LogP contribution in [0.5, 0.6) is 0 Å². The molecule has 0 spiro atoms. The fraction of sp³-hybridized carbons (Fsp3) is 0.0870. The quantitative estimate of drug-likeness (QED) is 0.354. The van der Waals surface area contributed by atoms with Crippen molar-refractivity contribution in [3.63, 3.8) is 0 Å². The molecule has 0 atom stereocenters. The van der Waals surface area contributed by atoms with Gasteiger partial charge < -0.3 is 5.32 Å². The van der Waals surface area contributed by atoms with Gasteiger partial charge in [-0.1, -0.05) is 12.1 Å². The van der Waals surface area contributed by atoms with Crippen molar-refractivity contribution < 1.29 is 18.0 Å². The van der Waals surface area contributed by atoms with Gasteiger partial charge in [-0.2, -0.15) is 18.3 Å². The summed E-state index contributed by atoms with van der Waals surface area (Å²) < 4.78 is 40.9. The molecule has 5 rings (SSSR count). The van der Waals surface area contributed by atoms with Crippen LogP contribution in [0.4, 0.5) is 18.9 Å². The summed E-state index contributed by atoms with van der Waals surface area (Å²) in [6.45, 7) is 1.76. The molecular formula is C23H15F3N4OS. The van der Waals surface area contributed by atoms with Crippen LogP contribution in [0.2, 0.25) is 0 Å². The van der Waals surface area contributed by atoms with Crippen LogP contribution in [0.1, 0.15) is 20.9 Å². The number of amides is 1. The number of carbonyl (C=O) groups is 1. The first-order valence-corrected chi connectivity index (χ1v) is 10.4. The number of anilines is 1. The molecule has 0 saturated carbocycles. The first-order chi connectivity index (χ1) is 15.3. The maximum Gasteiger partial charge on any atom is 0.416 e. The number of alkyl halides is 3. The van der Waals surface area contributed by atoms with Gasteiger partial charge in [0.2, 0.25) is 0 Å². The SMILES string of the molecule is Cc1nn(-c2cccc(C(F)(F)F)c2)c2sc(C(=O)Nc3cccc4ncccc34)cc12. The fourth-order valence-corrected chi connectivity index (χ4v) is 4.62. The summed E-state index contributed by atoms with van der Waals surface area (Å²) in [5, 5.41) is 8.84. The molecule has 3 heterocycles. The average molecular weight is 452 g/mol. The highest BCUT2D eigenvalue weighted by molar-refractivity contribution is 7.20. The van der Waals surface area contributed by atoms with Crippen molar-refractivity contribution in [3.8, 4) is 5.69 Å². The molecule has 3 aromatic heterocycles. The maximum atomic E-state index is 13.1. The molecule has 0 unspecified atom stereocenters. The standard InChI is InChI=1S/C23H15F3N4OS/c1-13-17-12-20(21(31)28-19-9-3-8-18-16(19)7-4-10-27-18)32-22(17)30(29-13)15-6-2-5-14(11-15)23(24,25)26/h2-12H,1H3,(H,28,31). The molecule has 2 aromatic carbocycles. The fourth-order valence-electron chi connectivity index (χ4n) is 3.54. The van der Waals surface area contributed by atoms with Gasteiger partial charge in [-0.05, 0) is 55.5 Å². The van der Waals surface area contributed by atoms with Crippen LogP contribution < -0.4 is 5.32 Å². The van der Waals surface area contributed by atoms with Crippen LogP contribution in [0.25, 0.3) is 26.8 Å². The minimum Gasteiger partial charge on any atom is -0.321 e. The first kappa shape index (κ1) is 20.2. The third-order valence-electron chi connectivity index (χ3n) is 5.08. The van der Waals surface area contributed by atoms with Gasteiger partial charge in [0.1, 0.15) is 4.83 Å². The summed E-state index contributed by atoms with van der Waals surface area (Å²) in [4.78, 5) is 18.3. The van der Waals surface area contributed by atoms with Crippen LogP contribution >= 0.6 is 11.3 Å². The molecule has 0 radical (unpaired) electrons. The van der Waals surface area contributed by atoms with E-state index in [-0.39, 0.29) is 11.6 Å². The van der Waals surface area contributed by atoms with Crippen molar-refractivity contribution in [1.29, 1.82) is 0 Å². The van der Waals surface area contributed by atoms with E-state index < -0.39 is 11.7 Å². The van der Waals surface area contributed by atoms with Gasteiger partial charge in [-0.3, -0.25) is 9.78 Å². The van der Waals surface area contributed by atoms with Crippen molar-refractivity contribution in [2.45, 2.75) is 13.1 Å². The number of rotatable bonds is 3. The van der Waals surface area contributed by atoms with Crippen molar-refractivity contribution in [1.82, 2.24) is 14.8 Å². The molecule has 5 aromatic rings. The van der Waals surface area contributed by atoms with Crippen molar-refractivity contribution in [3.05, 3.63) is 83.0 Å². The van der Waals surface area contributed by atoms with Gasteiger partial charge in [0, 0.05) is 17.0 Å². The summed E-state index contributed by atoms with van der Waals surface area (Å²) in [5.41, 5.74) is 1.55. The number of halogens is 3. The minimum absolute atomic E-state index is 0.284. The van der Waals surface area contributed by atoms with Gasteiger partial charge in [-0.15, -0.1) is 11.3 Å². The summed E-state index contributed by atoms with van der Waals surface area (Å²) in [6, 6.07) is 15.8. The molecule has 1 N–H and O–H groups in total. The number of carbonyl (C=O) groups excluding carboxylic acids is 1. The van der Waals surface area contributed by atoms with E-state index in [0.717, 1.165) is 28.4 Å². The second-order valence-corrected chi connectivity index (χ2v) is 8.24. The highest BCUT2D eigenvalue weighted by Crippen LogP contribution is 2.34. The Morgan fingerprint density at radius 2 is 1.84 bits per heavy atom. The van der Waals surface area contributed by atoms with E-state index in [1.165, 1.54) is 22.1 Å². The lowest BCUT2D eigenvalue weighted by Gasteiger charge is -2.09. The Labute approximate surface area is 184 Å². The Hall–Kier alpha value is -3.72. The van der Waals surface area contributed by atoms with Gasteiger partial charge in [0.05, 0.1) is 33.0 Å². The summed E-state index contributed by atoms with van der Waals surface area (Å²) in [6.07, 6.45) is -2.77. The molecule has 0 aliphatic heterocycles. The molecule has 5 nitrogen and oxygen atoms in total. The first-order valence-electron chi connectivity index (χ1n) is 9.63. The monoisotopic (exact) mass is 452 g/mol. The van der Waals surface area contributed by atoms with Gasteiger partial charge in [0.15, 0.2) is 0 Å². The lowest BCUT2D eigenvalue weighted by molar-refractivity contribution is -0.137. The van der Waals surface area contributed by atoms with E-state index >= 15 is 0 Å². The molecule has 9 heteroatoms. The zero-order valence-corrected chi connectivity index (χ0v) is 17.5. The second kappa shape index (κ2) is 7.45. The third-order valence-corrected chi connectivity index (χ3v) is 6.19. The minimum atomic E-state index is -4.45. The van der Waals surface area contributed by atoms with Crippen LogP contribution in [-0.4, -0.2) is 20.7 Å². The second-order valence-electron chi connectivity index (χ2n) is 7.20. The lowest BCUT2D eigenvalue weighted by atomic mass is 10.2. The van der Waals surface area contributed by atoms with Crippen molar-refractivity contribution >= 4 is 44.1 Å². The van der Waals surface area contributed by atoms with Gasteiger partial charge in [0.25, 0.3) is 5.91 Å². The molecule has 0 bridgehead atoms. The summed E-state index contributed by atoms with van der Waals surface area (Å²) in [5.74, 6) is -0.308. The summed E-state index contributed by atoms with van der Waals surface area (Å²) in [7, 11) is 0. The van der Waals surface area contributed by atoms with Gasteiger partial charge >= 0.3 is 6.18 Å². The normalized spacial score (nSPS) is 11.9. The Morgan fingerprint density at radius 1 is 1.03 bits per heavy atom. The van der Waals surface area contributed by atoms with Crippen LogP contribution in [0, 0.1) is 6.92 Å². The maximum absolute atomic E-state index is 13.1. The Kier molecular flexibility index (Phi) is 4.70. The van der Waals surface area contributed by atoms with Gasteiger partial charge in [-0.25, -0.2) is 4.68 Å². The number of fused-ring (bicyclic) bond motifs is 2. The Balaban J connectivity index is 1.53. The highest BCUT2D eigenvalue weighted by atomic mass is 32.1. The Morgan fingerprint density at radius 3 is 2.66 bits per heavy atom. The molecule has 0 fully saturated rings. The molecular weight excluding hydrogens is 437 g/mol. The molecule has 160 valence electrons. The van der Waals surface area contributed by atoms with E-state index in [1.54, 1.807) is 37.4 Å². The average Bonchev–Trinajstić information content (AvgIpc) is 3.34. The number of thiophene rings is 1. The topological polar surface area (TPSA) is 59.8 Å². The smallest absolute Gasteiger partial charge is 0.321 e. The number of benzene rings is 2. The molecule has 0 aliphatic carbocycles. The molecule has 32 heavy (non-hydrogen) atoms. The van der Waals surface area contributed by atoms with Crippen molar-refractivity contribution in [2.24, 2.45) is 0 Å². The molecule has 0 saturated heterocycles. The number of hydrogen-bond donors (Lipinski definition) is 1. The number of hydrogen-bond acceptors (Lipinski definition) is 4. The van der Waals surface area contributed by atoms with Crippen LogP contribution in [0.3, 0.4) is 0 Å². The largest absolute Gasteiger partial charge is 0.416 e. The highest BCUT2D eigenvalue weighted by Gasteiger charge is 2.31. The number of aromatic nitrogens is 3. The van der Waals surface area contributed by atoms with Crippen molar-refractivity contribution in [2.75, 3.05) is 5.32 Å². The lowest BCUT2D eigenvalue weighted by Crippen LogP contribution is -2.10. The molecule has 1 amide bonds. The van der Waals surface area contributed by atoms with Crippen LogP contribution in [-0.2, 0) is 6.18 Å². The predicted octanol–water partition coefficient (Wildman–Crippen LogP) is 6.21. The zero-order chi connectivity index (χ0) is 22.5. The van der Waals surface area contributed by atoms with E-state index in [1.807, 2.05) is 18.2 Å². The number of pyridine rings is 1. The number of aryl methyl sites for hydroxylation is 1. The summed E-state index contributed by atoms with van der Waals surface area (Å²) >= 11 is 1.18. The third kappa shape index (κ3) is 3.50. The van der Waals surface area contributed by atoms with E-state index in [2.05, 4.69) is 15.4 Å². The van der Waals surface area contributed by atoms with E-state index in [4.69, 9.17) is 0 Å².